The number of carboxylic acid groups (broad SMARTS) is 2. The smallest absolute Gasteiger partial charge is 0.337 e. The van der Waals surface area contributed by atoms with Gasteiger partial charge < -0.3 is 25.1 Å². The van der Waals surface area contributed by atoms with Crippen LogP contribution in [0.1, 0.15) is 70.1 Å². The number of nitrogens with zero attached hydrogens (tertiary/aromatic N) is 4. The Labute approximate surface area is 311 Å². The maximum absolute atomic E-state index is 14.2. The second-order valence-corrected chi connectivity index (χ2v) is 15.2. The number of rotatable bonds is 13. The molecule has 14 nitrogen and oxygen atoms in total. The average Bonchev–Trinajstić information content (AvgIpc) is 3.46. The van der Waals surface area contributed by atoms with Crippen molar-refractivity contribution in [3.8, 4) is 0 Å². The molecule has 3 aromatic rings. The summed E-state index contributed by atoms with van der Waals surface area (Å²) >= 11 is 0. The predicted octanol–water partition coefficient (Wildman–Crippen LogP) is 6.64. The number of Topliss-reactive ketones (excluding diaryl/α,β-unsaturated/α-hetero) is 1. The predicted molar refractivity (Wildman–Crippen MR) is 199 cm³/mol. The summed E-state index contributed by atoms with van der Waals surface area (Å²) in [5, 5.41) is 55.1. The van der Waals surface area contributed by atoms with Gasteiger partial charge in [-0.25, -0.2) is 4.79 Å². The fourth-order valence-corrected chi connectivity index (χ4v) is 8.28. The zero-order chi connectivity index (χ0) is 39.3. The van der Waals surface area contributed by atoms with E-state index in [2.05, 4.69) is 0 Å². The fourth-order valence-electron chi connectivity index (χ4n) is 8.28. The maximum Gasteiger partial charge on any atom is 0.337 e. The Morgan fingerprint density at radius 1 is 0.759 bits per heavy atom. The maximum atomic E-state index is 14.2. The molecule has 3 aliphatic rings. The van der Waals surface area contributed by atoms with Gasteiger partial charge in [0.25, 0.3) is 11.4 Å². The number of non-ortho nitro benzene ring substituents is 2. The molecule has 0 saturated heterocycles. The molecular formula is C40H42N4O10. The normalized spacial score (nSPS) is 23.6. The Balaban J connectivity index is 1.39. The third-order valence-electron chi connectivity index (χ3n) is 11.1. The number of benzene rings is 3. The van der Waals surface area contributed by atoms with E-state index >= 15 is 0 Å². The molecule has 1 saturated carbocycles. The van der Waals surface area contributed by atoms with Crippen LogP contribution in [-0.4, -0.2) is 55.0 Å². The number of carbonyl (C=O) groups is 3. The number of anilines is 2. The van der Waals surface area contributed by atoms with Gasteiger partial charge >= 0.3 is 11.9 Å². The third-order valence-corrected chi connectivity index (χ3v) is 11.1. The summed E-state index contributed by atoms with van der Waals surface area (Å²) in [5.74, 6) is -5.84. The lowest BCUT2D eigenvalue weighted by Gasteiger charge is -2.46. The molecule has 3 atom stereocenters. The minimum Gasteiger partial charge on any atom is -0.481 e. The molecular weight excluding hydrogens is 696 g/mol. The lowest BCUT2D eigenvalue weighted by Crippen LogP contribution is -2.67. The standard InChI is InChI=1S/C40H42N4O10/c1-38(2)27-12-7-9-14-31(27)41(17-11-5-6-16-35(45)46)33(38)21-29-36(47)30(40(29,50)37(48)49)22-34-39(3,4)28-13-8-10-15-32(28)42(34)23-24-18-25(43(51)52)20-26(19-24)44(53)54/h7-10,12-15,18-22,29-30,50H,5-6,11,16-17,23H2,1-4H3,(H,45,46)(H,48,49). The second kappa shape index (κ2) is 13.8. The van der Waals surface area contributed by atoms with Gasteiger partial charge in [0.05, 0.1) is 27.7 Å². The number of hydrogen-bond donors (Lipinski definition) is 3. The Kier molecular flexibility index (Phi) is 9.69. The summed E-state index contributed by atoms with van der Waals surface area (Å²) in [6, 6.07) is 18.3. The van der Waals surface area contributed by atoms with Gasteiger partial charge in [-0.3, -0.25) is 29.8 Å². The van der Waals surface area contributed by atoms with Crippen molar-refractivity contribution in [1.29, 1.82) is 0 Å². The third kappa shape index (κ3) is 6.29. The SMILES string of the molecule is CC1(C)C(=CC2C(=O)C(C=C3N(Cc4cc([N+](=O)[O-])cc([N+](=O)[O-])c4)c4ccccc4C3(C)C)C2(O)C(=O)O)N(CCCCCC(=O)O)c2ccccc21. The van der Waals surface area contributed by atoms with Crippen LogP contribution in [0.3, 0.4) is 0 Å². The van der Waals surface area contributed by atoms with E-state index in [1.807, 2.05) is 69.0 Å². The number of para-hydroxylation sites is 2. The summed E-state index contributed by atoms with van der Waals surface area (Å²) in [6.07, 6.45) is 4.87. The van der Waals surface area contributed by atoms with Gasteiger partial charge in [0.1, 0.15) is 0 Å². The van der Waals surface area contributed by atoms with E-state index < -0.39 is 67.2 Å². The zero-order valence-electron chi connectivity index (χ0n) is 30.4. The van der Waals surface area contributed by atoms with Crippen molar-refractivity contribution < 1.29 is 39.5 Å². The first-order valence-corrected chi connectivity index (χ1v) is 17.7. The summed E-state index contributed by atoms with van der Waals surface area (Å²) < 4.78 is 0. The number of nitro benzene ring substituents is 2. The van der Waals surface area contributed by atoms with Crippen LogP contribution in [0.5, 0.6) is 0 Å². The first-order valence-electron chi connectivity index (χ1n) is 17.7. The van der Waals surface area contributed by atoms with E-state index in [0.29, 0.717) is 42.9 Å². The van der Waals surface area contributed by atoms with E-state index in [1.165, 1.54) is 18.2 Å². The van der Waals surface area contributed by atoms with E-state index in [4.69, 9.17) is 5.11 Å². The molecule has 2 aliphatic heterocycles. The number of hydrogen-bond acceptors (Lipinski definition) is 10. The molecule has 1 aliphatic carbocycles. The van der Waals surface area contributed by atoms with Crippen molar-refractivity contribution in [2.75, 3.05) is 16.3 Å². The largest absolute Gasteiger partial charge is 0.481 e. The molecule has 3 aromatic carbocycles. The van der Waals surface area contributed by atoms with Gasteiger partial charge in [0.15, 0.2) is 11.4 Å². The minimum absolute atomic E-state index is 0.0500. The number of carbonyl (C=O) groups excluding carboxylic acids is 1. The first-order chi connectivity index (χ1) is 25.4. The molecule has 1 fully saturated rings. The molecule has 0 aromatic heterocycles. The van der Waals surface area contributed by atoms with Crippen molar-refractivity contribution >= 4 is 40.5 Å². The molecule has 6 rings (SSSR count). The van der Waals surface area contributed by atoms with E-state index in [0.717, 1.165) is 22.9 Å². The van der Waals surface area contributed by atoms with Gasteiger partial charge in [-0.2, -0.15) is 0 Å². The number of fused-ring (bicyclic) bond motifs is 2. The molecule has 2 heterocycles. The summed E-state index contributed by atoms with van der Waals surface area (Å²) in [5.41, 5.74) is -0.262. The van der Waals surface area contributed by atoms with Gasteiger partial charge in [-0.1, -0.05) is 82.7 Å². The molecule has 0 spiro atoms. The van der Waals surface area contributed by atoms with Crippen molar-refractivity contribution in [3.05, 3.63) is 127 Å². The van der Waals surface area contributed by atoms with Crippen molar-refractivity contribution in [2.24, 2.45) is 11.8 Å². The zero-order valence-corrected chi connectivity index (χ0v) is 30.4. The van der Waals surface area contributed by atoms with E-state index in [9.17, 15) is 44.8 Å². The molecule has 0 bridgehead atoms. The molecule has 3 N–H and O–H groups in total. The monoisotopic (exact) mass is 738 g/mol. The lowest BCUT2D eigenvalue weighted by molar-refractivity contribution is -0.394. The summed E-state index contributed by atoms with van der Waals surface area (Å²) in [4.78, 5) is 64.1. The Morgan fingerprint density at radius 2 is 1.24 bits per heavy atom. The van der Waals surface area contributed by atoms with Crippen molar-refractivity contribution in [3.63, 3.8) is 0 Å². The Hall–Kier alpha value is -5.89. The molecule has 0 amide bonds. The number of aliphatic hydroxyl groups is 1. The quantitative estimate of drug-likeness (QED) is 0.0959. The van der Waals surface area contributed by atoms with Gasteiger partial charge in [-0.15, -0.1) is 0 Å². The molecule has 282 valence electrons. The van der Waals surface area contributed by atoms with Crippen LogP contribution < -0.4 is 9.80 Å². The van der Waals surface area contributed by atoms with Crippen LogP contribution in [0.15, 0.2) is 90.3 Å². The number of unbranched alkanes of at least 4 members (excludes halogenated alkanes) is 2. The van der Waals surface area contributed by atoms with Crippen LogP contribution in [0.4, 0.5) is 22.7 Å². The molecule has 0 radical (unpaired) electrons. The summed E-state index contributed by atoms with van der Waals surface area (Å²) in [6.45, 7) is 8.11. The molecule has 3 unspecified atom stereocenters. The van der Waals surface area contributed by atoms with Crippen molar-refractivity contribution in [1.82, 2.24) is 0 Å². The van der Waals surface area contributed by atoms with Crippen LogP contribution in [0.25, 0.3) is 0 Å². The number of nitro groups is 2. The average molecular weight is 739 g/mol. The topological polar surface area (TPSA) is 205 Å². The van der Waals surface area contributed by atoms with Gasteiger partial charge in [0, 0.05) is 65.2 Å². The Bertz CT molecular complexity index is 2110. The first kappa shape index (κ1) is 37.9. The molecule has 54 heavy (non-hydrogen) atoms. The molecule has 14 heteroatoms. The number of aliphatic carboxylic acids is 2. The lowest BCUT2D eigenvalue weighted by atomic mass is 9.58. The van der Waals surface area contributed by atoms with E-state index in [-0.39, 0.29) is 18.5 Å². The number of ketones is 1. The second-order valence-electron chi connectivity index (χ2n) is 15.2. The Morgan fingerprint density at radius 3 is 1.72 bits per heavy atom. The van der Waals surface area contributed by atoms with E-state index in [1.54, 1.807) is 23.1 Å². The minimum atomic E-state index is -2.53. The highest BCUT2D eigenvalue weighted by atomic mass is 16.6. The van der Waals surface area contributed by atoms with Gasteiger partial charge in [-0.05, 0) is 41.7 Å². The van der Waals surface area contributed by atoms with Crippen molar-refractivity contribution in [2.45, 2.75) is 76.4 Å². The highest BCUT2D eigenvalue weighted by Gasteiger charge is 2.66. The number of allylic oxidation sites excluding steroid dienone is 2. The van der Waals surface area contributed by atoms with Crippen LogP contribution >= 0.6 is 0 Å². The highest BCUT2D eigenvalue weighted by Crippen LogP contribution is 2.54. The highest BCUT2D eigenvalue weighted by molar-refractivity contribution is 6.06. The van der Waals surface area contributed by atoms with Crippen LogP contribution in [0, 0.1) is 32.1 Å². The van der Waals surface area contributed by atoms with Crippen LogP contribution in [0.2, 0.25) is 0 Å². The summed E-state index contributed by atoms with van der Waals surface area (Å²) in [7, 11) is 0. The van der Waals surface area contributed by atoms with Gasteiger partial charge in [0.2, 0.25) is 0 Å². The van der Waals surface area contributed by atoms with Crippen LogP contribution in [-0.2, 0) is 31.8 Å². The number of carboxylic acids is 2. The fraction of sp³-hybridized carbons (Fsp3) is 0.375.